The number of aliphatic hydroxyl groups excluding tert-OH is 2. The first kappa shape index (κ1) is 21.6. The lowest BCUT2D eigenvalue weighted by Gasteiger charge is -2.46. The van der Waals surface area contributed by atoms with Crippen LogP contribution in [0.1, 0.15) is 20.8 Å². The third-order valence-corrected chi connectivity index (χ3v) is 3.53. The lowest BCUT2D eigenvalue weighted by Crippen LogP contribution is -2.63. The van der Waals surface area contributed by atoms with Crippen molar-refractivity contribution in [1.29, 1.82) is 0 Å². The van der Waals surface area contributed by atoms with Crippen molar-refractivity contribution in [3.8, 4) is 0 Å². The molecule has 0 bridgehead atoms. The Morgan fingerprint density at radius 1 is 1.00 bits per heavy atom. The van der Waals surface area contributed by atoms with E-state index >= 15 is 0 Å². The van der Waals surface area contributed by atoms with Gasteiger partial charge in [-0.2, -0.15) is 0 Å². The fourth-order valence-corrected chi connectivity index (χ4v) is 2.60. The van der Waals surface area contributed by atoms with E-state index in [4.69, 9.17) is 33.9 Å². The Hall–Kier alpha value is -0.400. The van der Waals surface area contributed by atoms with Crippen LogP contribution in [-0.2, 0) is 38.8 Å². The summed E-state index contributed by atoms with van der Waals surface area (Å²) in [5.74, 6) is -1.07. The Morgan fingerprint density at radius 3 is 2.08 bits per heavy atom. The minimum atomic E-state index is -1.21. The lowest BCUT2D eigenvalue weighted by atomic mass is 9.95. The molecule has 10 heteroatoms. The standard InChI is InChI=1S/C14H28O10/c1-8(22-17-4)11(23-18-5)13(24-19-6)12-10(16)9(7-15)20-14(2,3)21-12/h8-13,15-16H,7H2,1-6H3/t8?,9-,10+,11-,12+,13-/m0/s1. The van der Waals surface area contributed by atoms with Crippen LogP contribution in [0.4, 0.5) is 0 Å². The molecule has 0 aromatic heterocycles. The van der Waals surface area contributed by atoms with Gasteiger partial charge in [-0.3, -0.25) is 0 Å². The van der Waals surface area contributed by atoms with Crippen LogP contribution in [0.25, 0.3) is 0 Å². The summed E-state index contributed by atoms with van der Waals surface area (Å²) in [4.78, 5) is 29.7. The second-order valence-corrected chi connectivity index (χ2v) is 5.73. The summed E-state index contributed by atoms with van der Waals surface area (Å²) in [5, 5.41) is 19.9. The molecule has 0 amide bonds. The van der Waals surface area contributed by atoms with E-state index in [2.05, 4.69) is 4.89 Å². The number of rotatable bonds is 10. The van der Waals surface area contributed by atoms with E-state index in [0.717, 1.165) is 0 Å². The normalized spacial score (nSPS) is 30.8. The molecule has 1 rings (SSSR count). The summed E-state index contributed by atoms with van der Waals surface area (Å²) in [6.45, 7) is 4.56. The highest BCUT2D eigenvalue weighted by molar-refractivity contribution is 4.93. The molecule has 0 aromatic rings. The van der Waals surface area contributed by atoms with E-state index < -0.39 is 49.0 Å². The van der Waals surface area contributed by atoms with Crippen molar-refractivity contribution in [3.05, 3.63) is 0 Å². The zero-order chi connectivity index (χ0) is 18.3. The van der Waals surface area contributed by atoms with Crippen LogP contribution in [0.15, 0.2) is 0 Å². The van der Waals surface area contributed by atoms with Crippen molar-refractivity contribution in [2.45, 2.75) is 63.2 Å². The molecule has 10 nitrogen and oxygen atoms in total. The topological polar surface area (TPSA) is 114 Å². The van der Waals surface area contributed by atoms with E-state index in [1.54, 1.807) is 20.8 Å². The number of hydrogen-bond acceptors (Lipinski definition) is 10. The molecule has 144 valence electrons. The zero-order valence-corrected chi connectivity index (χ0v) is 14.8. The summed E-state index contributed by atoms with van der Waals surface area (Å²) in [5.41, 5.74) is 0. The Morgan fingerprint density at radius 2 is 1.58 bits per heavy atom. The molecule has 1 heterocycles. The number of aliphatic hydroxyl groups is 2. The molecule has 24 heavy (non-hydrogen) atoms. The third kappa shape index (κ3) is 5.56. The first-order valence-corrected chi connectivity index (χ1v) is 7.54. The molecule has 1 aliphatic heterocycles. The molecule has 0 saturated carbocycles. The Kier molecular flexibility index (Phi) is 8.95. The molecule has 1 fully saturated rings. The van der Waals surface area contributed by atoms with Crippen LogP contribution >= 0.6 is 0 Å². The Bertz CT molecular complexity index is 352. The van der Waals surface area contributed by atoms with Crippen LogP contribution in [0.3, 0.4) is 0 Å². The highest BCUT2D eigenvalue weighted by Crippen LogP contribution is 2.32. The maximum Gasteiger partial charge on any atom is 0.164 e. The highest BCUT2D eigenvalue weighted by Gasteiger charge is 2.50. The number of ether oxygens (including phenoxy) is 2. The summed E-state index contributed by atoms with van der Waals surface area (Å²) in [6, 6.07) is 0. The molecule has 1 unspecified atom stereocenters. The van der Waals surface area contributed by atoms with Gasteiger partial charge in [0, 0.05) is 0 Å². The van der Waals surface area contributed by atoms with Gasteiger partial charge >= 0.3 is 0 Å². The van der Waals surface area contributed by atoms with Gasteiger partial charge in [0.1, 0.15) is 24.4 Å². The van der Waals surface area contributed by atoms with Crippen molar-refractivity contribution >= 4 is 0 Å². The Balaban J connectivity index is 3.08. The van der Waals surface area contributed by atoms with Gasteiger partial charge in [-0.25, -0.2) is 29.3 Å². The molecule has 0 radical (unpaired) electrons. The van der Waals surface area contributed by atoms with Gasteiger partial charge in [0.05, 0.1) is 27.9 Å². The molecular formula is C14H28O10. The van der Waals surface area contributed by atoms with Crippen molar-refractivity contribution < 1.29 is 49.0 Å². The fraction of sp³-hybridized carbons (Fsp3) is 1.00. The quantitative estimate of drug-likeness (QED) is 0.400. The van der Waals surface area contributed by atoms with Crippen molar-refractivity contribution in [2.75, 3.05) is 27.9 Å². The van der Waals surface area contributed by atoms with Gasteiger partial charge in [-0.05, 0) is 20.8 Å². The first-order chi connectivity index (χ1) is 11.3. The largest absolute Gasteiger partial charge is 0.394 e. The van der Waals surface area contributed by atoms with E-state index in [1.165, 1.54) is 21.3 Å². The predicted octanol–water partition coefficient (Wildman–Crippen LogP) is -0.281. The minimum Gasteiger partial charge on any atom is -0.394 e. The molecule has 6 atom stereocenters. The van der Waals surface area contributed by atoms with Gasteiger partial charge in [0.25, 0.3) is 0 Å². The molecule has 0 spiro atoms. The summed E-state index contributed by atoms with van der Waals surface area (Å²) in [7, 11) is 3.97. The summed E-state index contributed by atoms with van der Waals surface area (Å²) < 4.78 is 11.3. The van der Waals surface area contributed by atoms with E-state index in [0.29, 0.717) is 0 Å². The highest BCUT2D eigenvalue weighted by atomic mass is 17.2. The summed E-state index contributed by atoms with van der Waals surface area (Å²) >= 11 is 0. The lowest BCUT2D eigenvalue weighted by molar-refractivity contribution is -0.440. The maximum atomic E-state index is 10.5. The monoisotopic (exact) mass is 356 g/mol. The average Bonchev–Trinajstić information content (AvgIpc) is 2.53. The van der Waals surface area contributed by atoms with Gasteiger partial charge in [0.15, 0.2) is 18.0 Å². The molecular weight excluding hydrogens is 328 g/mol. The molecule has 0 aromatic carbocycles. The summed E-state index contributed by atoms with van der Waals surface area (Å²) in [6.07, 6.45) is -5.57. The van der Waals surface area contributed by atoms with Crippen molar-refractivity contribution in [2.24, 2.45) is 0 Å². The smallest absolute Gasteiger partial charge is 0.164 e. The third-order valence-electron chi connectivity index (χ3n) is 3.53. The van der Waals surface area contributed by atoms with Crippen LogP contribution < -0.4 is 0 Å². The van der Waals surface area contributed by atoms with Gasteiger partial charge in [-0.1, -0.05) is 0 Å². The fourth-order valence-electron chi connectivity index (χ4n) is 2.60. The molecule has 1 saturated heterocycles. The molecule has 1 aliphatic rings. The second kappa shape index (κ2) is 9.92. The van der Waals surface area contributed by atoms with Gasteiger partial charge < -0.3 is 19.7 Å². The van der Waals surface area contributed by atoms with E-state index in [-0.39, 0.29) is 0 Å². The maximum absolute atomic E-state index is 10.5. The van der Waals surface area contributed by atoms with Crippen molar-refractivity contribution in [3.63, 3.8) is 0 Å². The Labute approximate surface area is 141 Å². The average molecular weight is 356 g/mol. The van der Waals surface area contributed by atoms with Crippen molar-refractivity contribution in [1.82, 2.24) is 0 Å². The van der Waals surface area contributed by atoms with Gasteiger partial charge in [-0.15, -0.1) is 0 Å². The van der Waals surface area contributed by atoms with E-state index in [1.807, 2.05) is 0 Å². The minimum absolute atomic E-state index is 0.399. The molecule has 2 N–H and O–H groups in total. The second-order valence-electron chi connectivity index (χ2n) is 5.73. The predicted molar refractivity (Wildman–Crippen MR) is 78.2 cm³/mol. The van der Waals surface area contributed by atoms with Gasteiger partial charge in [0.2, 0.25) is 0 Å². The van der Waals surface area contributed by atoms with E-state index in [9.17, 15) is 10.2 Å². The first-order valence-electron chi connectivity index (χ1n) is 7.54. The molecule has 0 aliphatic carbocycles. The van der Waals surface area contributed by atoms with Crippen LogP contribution in [0.2, 0.25) is 0 Å². The van der Waals surface area contributed by atoms with Crippen LogP contribution in [0.5, 0.6) is 0 Å². The van der Waals surface area contributed by atoms with Crippen LogP contribution in [0, 0.1) is 0 Å². The number of hydrogen-bond donors (Lipinski definition) is 2. The zero-order valence-electron chi connectivity index (χ0n) is 14.8. The SMILES string of the molecule is COOC(C)[C@H](OOC)[C@H](OOC)[C@@H]1OC(C)(C)O[C@@H](CO)[C@H]1O. The van der Waals surface area contributed by atoms with Crippen LogP contribution in [-0.4, -0.2) is 80.6 Å².